The Morgan fingerprint density at radius 1 is 1.33 bits per heavy atom. The van der Waals surface area contributed by atoms with Gasteiger partial charge in [0.05, 0.1) is 5.56 Å². The van der Waals surface area contributed by atoms with E-state index in [4.69, 9.17) is 5.26 Å². The molecule has 1 aromatic carbocycles. The minimum atomic E-state index is -0.422. The van der Waals surface area contributed by atoms with E-state index < -0.39 is 5.82 Å². The van der Waals surface area contributed by atoms with Gasteiger partial charge in [-0.15, -0.1) is 0 Å². The Morgan fingerprint density at radius 2 is 2.14 bits per heavy atom. The van der Waals surface area contributed by atoms with Crippen LogP contribution in [0.5, 0.6) is 0 Å². The van der Waals surface area contributed by atoms with Gasteiger partial charge < -0.3 is 9.88 Å². The molecule has 2 rings (SSSR count). The van der Waals surface area contributed by atoms with Crippen molar-refractivity contribution in [2.45, 2.75) is 32.9 Å². The van der Waals surface area contributed by atoms with Crippen molar-refractivity contribution in [3.05, 3.63) is 59.2 Å². The second-order valence-corrected chi connectivity index (χ2v) is 5.03. The van der Waals surface area contributed by atoms with Crippen LogP contribution in [0.3, 0.4) is 0 Å². The Hall–Kier alpha value is -2.12. The van der Waals surface area contributed by atoms with Crippen LogP contribution in [0.4, 0.5) is 4.39 Å². The fourth-order valence-corrected chi connectivity index (χ4v) is 2.49. The van der Waals surface area contributed by atoms with Gasteiger partial charge in [-0.25, -0.2) is 4.39 Å². The van der Waals surface area contributed by atoms with Crippen molar-refractivity contribution < 1.29 is 4.39 Å². The first-order chi connectivity index (χ1) is 10.2. The number of nitriles is 1. The van der Waals surface area contributed by atoms with Crippen molar-refractivity contribution in [1.29, 1.82) is 5.26 Å². The van der Waals surface area contributed by atoms with Gasteiger partial charge in [-0.1, -0.05) is 26.0 Å². The van der Waals surface area contributed by atoms with Crippen LogP contribution in [0, 0.1) is 17.1 Å². The summed E-state index contributed by atoms with van der Waals surface area (Å²) in [5, 5.41) is 12.3. The number of nitrogens with one attached hydrogen (secondary N) is 1. The summed E-state index contributed by atoms with van der Waals surface area (Å²) >= 11 is 0. The summed E-state index contributed by atoms with van der Waals surface area (Å²) < 4.78 is 16.0. The highest BCUT2D eigenvalue weighted by molar-refractivity contribution is 5.35. The van der Waals surface area contributed by atoms with E-state index in [0.29, 0.717) is 18.2 Å². The van der Waals surface area contributed by atoms with Crippen LogP contribution >= 0.6 is 0 Å². The Labute approximate surface area is 125 Å². The zero-order valence-corrected chi connectivity index (χ0v) is 12.4. The molecular formula is C17H20FN3. The van der Waals surface area contributed by atoms with E-state index in [2.05, 4.69) is 25.2 Å². The highest BCUT2D eigenvalue weighted by atomic mass is 19.1. The molecule has 110 valence electrons. The Kier molecular flexibility index (Phi) is 5.13. The number of hydrogen-bond acceptors (Lipinski definition) is 2. The van der Waals surface area contributed by atoms with Crippen molar-refractivity contribution in [3.63, 3.8) is 0 Å². The van der Waals surface area contributed by atoms with Crippen LogP contribution in [0.2, 0.25) is 0 Å². The summed E-state index contributed by atoms with van der Waals surface area (Å²) in [4.78, 5) is 0. The predicted octanol–water partition coefficient (Wildman–Crippen LogP) is 3.61. The lowest BCUT2D eigenvalue weighted by atomic mass is 10.1. The number of hydrogen-bond donors (Lipinski definition) is 1. The molecule has 0 fully saturated rings. The van der Waals surface area contributed by atoms with Crippen LogP contribution in [-0.4, -0.2) is 11.1 Å². The Morgan fingerprint density at radius 3 is 2.81 bits per heavy atom. The predicted molar refractivity (Wildman–Crippen MR) is 81.4 cm³/mol. The molecule has 0 aliphatic carbocycles. The third kappa shape index (κ3) is 3.50. The lowest BCUT2D eigenvalue weighted by Gasteiger charge is -2.14. The van der Waals surface area contributed by atoms with Gasteiger partial charge >= 0.3 is 0 Å². The van der Waals surface area contributed by atoms with Gasteiger partial charge in [0.2, 0.25) is 0 Å². The molecule has 0 bridgehead atoms. The van der Waals surface area contributed by atoms with Crippen LogP contribution in [-0.2, 0) is 6.54 Å². The van der Waals surface area contributed by atoms with E-state index in [1.807, 2.05) is 23.0 Å². The number of nitrogens with zero attached hydrogens (tertiary/aromatic N) is 2. The monoisotopic (exact) mass is 285 g/mol. The standard InChI is InChI=1S/C17H20FN3/c1-3-16(20-4-2)14-8-9-21(11-14)12-15-7-5-6-13(10-19)17(15)18/h5-9,11,16,20H,3-4,12H2,1-2H3. The molecule has 0 amide bonds. The first-order valence-electron chi connectivity index (χ1n) is 7.26. The van der Waals surface area contributed by atoms with Gasteiger partial charge in [0, 0.05) is 30.5 Å². The van der Waals surface area contributed by atoms with Gasteiger partial charge in [0.15, 0.2) is 0 Å². The average molecular weight is 285 g/mol. The Balaban J connectivity index is 2.18. The van der Waals surface area contributed by atoms with E-state index in [0.717, 1.165) is 13.0 Å². The number of halogens is 1. The molecule has 2 aromatic rings. The first kappa shape index (κ1) is 15.3. The van der Waals surface area contributed by atoms with Crippen LogP contribution < -0.4 is 5.32 Å². The summed E-state index contributed by atoms with van der Waals surface area (Å²) in [5.41, 5.74) is 1.84. The maximum Gasteiger partial charge on any atom is 0.145 e. The maximum absolute atomic E-state index is 14.1. The molecule has 0 spiro atoms. The SMILES string of the molecule is CCNC(CC)c1ccn(Cc2cccc(C#N)c2F)c1. The normalized spacial score (nSPS) is 12.1. The zero-order valence-electron chi connectivity index (χ0n) is 12.4. The van der Waals surface area contributed by atoms with E-state index in [9.17, 15) is 4.39 Å². The Bertz CT molecular complexity index is 640. The van der Waals surface area contributed by atoms with Crippen LogP contribution in [0.15, 0.2) is 36.7 Å². The average Bonchev–Trinajstić information content (AvgIpc) is 2.95. The van der Waals surface area contributed by atoms with Crippen molar-refractivity contribution in [3.8, 4) is 6.07 Å². The van der Waals surface area contributed by atoms with Crippen molar-refractivity contribution >= 4 is 0 Å². The maximum atomic E-state index is 14.1. The summed E-state index contributed by atoms with van der Waals surface area (Å²) in [7, 11) is 0. The minimum absolute atomic E-state index is 0.0963. The second kappa shape index (κ2) is 7.05. The smallest absolute Gasteiger partial charge is 0.145 e. The number of aromatic nitrogens is 1. The highest BCUT2D eigenvalue weighted by Gasteiger charge is 2.11. The van der Waals surface area contributed by atoms with Gasteiger partial charge in [-0.3, -0.25) is 0 Å². The zero-order chi connectivity index (χ0) is 15.2. The third-order valence-corrected chi connectivity index (χ3v) is 3.59. The number of benzene rings is 1. The van der Waals surface area contributed by atoms with Crippen LogP contribution in [0.25, 0.3) is 0 Å². The lowest BCUT2D eigenvalue weighted by Crippen LogP contribution is -2.19. The van der Waals surface area contributed by atoms with Gasteiger partial charge in [0.1, 0.15) is 11.9 Å². The molecule has 1 atom stereocenters. The molecule has 1 aromatic heterocycles. The van der Waals surface area contributed by atoms with Gasteiger partial charge in [-0.2, -0.15) is 5.26 Å². The molecule has 1 heterocycles. The summed E-state index contributed by atoms with van der Waals surface area (Å²) in [6.45, 7) is 5.58. The molecule has 0 saturated carbocycles. The van der Waals surface area contributed by atoms with E-state index in [1.54, 1.807) is 12.1 Å². The fourth-order valence-electron chi connectivity index (χ4n) is 2.49. The molecule has 0 aliphatic heterocycles. The molecule has 1 unspecified atom stereocenters. The topological polar surface area (TPSA) is 40.8 Å². The second-order valence-electron chi connectivity index (χ2n) is 5.03. The molecule has 21 heavy (non-hydrogen) atoms. The highest BCUT2D eigenvalue weighted by Crippen LogP contribution is 2.19. The van der Waals surface area contributed by atoms with Crippen molar-refractivity contribution in [2.75, 3.05) is 6.54 Å². The summed E-state index contributed by atoms with van der Waals surface area (Å²) in [6.07, 6.45) is 5.00. The first-order valence-corrected chi connectivity index (χ1v) is 7.26. The molecule has 0 aliphatic rings. The minimum Gasteiger partial charge on any atom is -0.349 e. The van der Waals surface area contributed by atoms with Gasteiger partial charge in [0.25, 0.3) is 0 Å². The lowest BCUT2D eigenvalue weighted by molar-refractivity contribution is 0.536. The van der Waals surface area contributed by atoms with E-state index in [-0.39, 0.29) is 5.56 Å². The van der Waals surface area contributed by atoms with Crippen molar-refractivity contribution in [2.24, 2.45) is 0 Å². The molecule has 0 radical (unpaired) electrons. The van der Waals surface area contributed by atoms with Gasteiger partial charge in [-0.05, 0) is 30.7 Å². The largest absolute Gasteiger partial charge is 0.349 e. The quantitative estimate of drug-likeness (QED) is 0.881. The molecule has 1 N–H and O–H groups in total. The molecule has 0 saturated heterocycles. The molecule has 4 heteroatoms. The van der Waals surface area contributed by atoms with Crippen molar-refractivity contribution in [1.82, 2.24) is 9.88 Å². The number of rotatable bonds is 6. The fraction of sp³-hybridized carbons (Fsp3) is 0.353. The summed E-state index contributed by atoms with van der Waals surface area (Å²) in [5.74, 6) is -0.422. The van der Waals surface area contributed by atoms with E-state index >= 15 is 0 Å². The van der Waals surface area contributed by atoms with E-state index in [1.165, 1.54) is 11.6 Å². The molecular weight excluding hydrogens is 265 g/mol. The third-order valence-electron chi connectivity index (χ3n) is 3.59. The van der Waals surface area contributed by atoms with Crippen LogP contribution in [0.1, 0.15) is 43.0 Å². The summed E-state index contributed by atoms with van der Waals surface area (Å²) in [6, 6.07) is 9.20. The molecule has 3 nitrogen and oxygen atoms in total.